The molecule has 10 aromatic rings. The number of para-hydroxylation sites is 1. The van der Waals surface area contributed by atoms with Crippen molar-refractivity contribution in [3.63, 3.8) is 0 Å². The number of aromatic nitrogens is 3. The second-order valence-electron chi connectivity index (χ2n) is 11.8. The molecule has 0 bridgehead atoms. The van der Waals surface area contributed by atoms with E-state index in [2.05, 4.69) is 0 Å². The molecule has 0 amide bonds. The van der Waals surface area contributed by atoms with E-state index in [-0.39, 0.29) is 75.6 Å². The molecule has 0 fully saturated rings. The van der Waals surface area contributed by atoms with Crippen molar-refractivity contribution in [3.8, 4) is 56.4 Å². The average molecular weight is 665 g/mol. The van der Waals surface area contributed by atoms with E-state index in [1.165, 1.54) is 6.07 Å². The van der Waals surface area contributed by atoms with Gasteiger partial charge < -0.3 is 4.42 Å². The van der Waals surface area contributed by atoms with Crippen LogP contribution in [0.5, 0.6) is 0 Å². The lowest BCUT2D eigenvalue weighted by molar-refractivity contribution is 0.669. The van der Waals surface area contributed by atoms with Crippen LogP contribution in [0.3, 0.4) is 0 Å². The second kappa shape index (κ2) is 11.9. The second-order valence-corrected chi connectivity index (χ2v) is 11.8. The maximum atomic E-state index is 9.16. The van der Waals surface area contributed by atoms with Crippen LogP contribution in [-0.2, 0) is 0 Å². The summed E-state index contributed by atoms with van der Waals surface area (Å²) >= 11 is 0. The van der Waals surface area contributed by atoms with Gasteiger partial charge in [-0.2, -0.15) is 0 Å². The van der Waals surface area contributed by atoms with Gasteiger partial charge in [-0.3, -0.25) is 0 Å². The van der Waals surface area contributed by atoms with Gasteiger partial charge in [-0.15, -0.1) is 0 Å². The van der Waals surface area contributed by atoms with E-state index in [4.69, 9.17) is 37.2 Å². The minimum atomic E-state index is -0.530. The van der Waals surface area contributed by atoms with Gasteiger partial charge in [-0.1, -0.05) is 145 Å². The Morgan fingerprint density at radius 1 is 0.392 bits per heavy atom. The van der Waals surface area contributed by atoms with Gasteiger partial charge in [0.2, 0.25) is 0 Å². The Hall–Kier alpha value is -6.91. The van der Waals surface area contributed by atoms with Crippen LogP contribution in [0.1, 0.15) is 17.8 Å². The summed E-state index contributed by atoms with van der Waals surface area (Å²) in [5.41, 5.74) is 3.22. The maximum Gasteiger partial charge on any atom is 0.164 e. The van der Waals surface area contributed by atoms with E-state index < -0.39 is 42.3 Å². The van der Waals surface area contributed by atoms with E-state index in [1.807, 2.05) is 24.3 Å². The minimum Gasteiger partial charge on any atom is -0.456 e. The fraction of sp³-hybridized carbons (Fsp3) is 0. The Balaban J connectivity index is 1.19. The van der Waals surface area contributed by atoms with Gasteiger partial charge in [0.25, 0.3) is 0 Å². The smallest absolute Gasteiger partial charge is 0.164 e. The lowest BCUT2D eigenvalue weighted by atomic mass is 9.97. The van der Waals surface area contributed by atoms with Gasteiger partial charge in [0.1, 0.15) is 11.2 Å². The molecule has 0 spiro atoms. The quantitative estimate of drug-likeness (QED) is 0.184. The third-order valence-electron chi connectivity index (χ3n) is 8.81. The predicted molar refractivity (Wildman–Crippen MR) is 209 cm³/mol. The summed E-state index contributed by atoms with van der Waals surface area (Å²) < 4.78 is 117. The highest BCUT2D eigenvalue weighted by molar-refractivity contribution is 6.11. The van der Waals surface area contributed by atoms with E-state index >= 15 is 0 Å². The topological polar surface area (TPSA) is 51.8 Å². The molecule has 0 unspecified atom stereocenters. The van der Waals surface area contributed by atoms with Crippen molar-refractivity contribution in [2.24, 2.45) is 0 Å². The minimum absolute atomic E-state index is 0.0203. The highest BCUT2D eigenvalue weighted by atomic mass is 16.3. The average Bonchev–Trinajstić information content (AvgIpc) is 3.66. The summed E-state index contributed by atoms with van der Waals surface area (Å²) in [6.07, 6.45) is 0. The number of furan rings is 1. The monoisotopic (exact) mass is 664 g/mol. The number of benzene rings is 8. The molecule has 4 nitrogen and oxygen atoms in total. The summed E-state index contributed by atoms with van der Waals surface area (Å²) in [4.78, 5) is 14.8. The van der Waals surface area contributed by atoms with Crippen molar-refractivity contribution >= 4 is 43.5 Å². The molecular formula is C47H29N3O. The number of hydrogen-bond donors (Lipinski definition) is 0. The molecule has 2 aromatic heterocycles. The van der Waals surface area contributed by atoms with Crippen LogP contribution in [0.25, 0.3) is 99.9 Å². The number of nitrogens with zero attached hydrogens (tertiary/aromatic N) is 3. The third kappa shape index (κ3) is 5.13. The molecule has 238 valence electrons. The summed E-state index contributed by atoms with van der Waals surface area (Å²) in [5, 5.41) is 2.68. The van der Waals surface area contributed by atoms with Crippen LogP contribution in [0.15, 0.2) is 180 Å². The zero-order chi connectivity index (χ0) is 45.0. The van der Waals surface area contributed by atoms with Gasteiger partial charge in [0, 0.05) is 27.5 Å². The fourth-order valence-electron chi connectivity index (χ4n) is 6.39. The number of hydrogen-bond acceptors (Lipinski definition) is 4. The van der Waals surface area contributed by atoms with Gasteiger partial charge in [-0.25, -0.2) is 15.0 Å². The first-order chi connectivity index (χ1) is 30.6. The summed E-state index contributed by atoms with van der Waals surface area (Å²) in [6, 6.07) is 23.2. The van der Waals surface area contributed by atoms with E-state index in [9.17, 15) is 0 Å². The summed E-state index contributed by atoms with van der Waals surface area (Å²) in [6.45, 7) is 0. The molecule has 0 atom stereocenters. The summed E-state index contributed by atoms with van der Waals surface area (Å²) in [5.74, 6) is 0.360. The van der Waals surface area contributed by atoms with E-state index in [0.29, 0.717) is 49.8 Å². The molecule has 0 saturated heterocycles. The lowest BCUT2D eigenvalue weighted by Gasteiger charge is -2.13. The van der Waals surface area contributed by atoms with Gasteiger partial charge >= 0.3 is 0 Å². The highest BCUT2D eigenvalue weighted by Crippen LogP contribution is 2.38. The SMILES string of the molecule is [2H]c1ccc2oc3ccc([2H])c(-c4nc(-c5ccc6cc(-c7cc8c([2H])c([2H])c([2H])c([2H])c8c([2H])c7[2H])ccc6c5)nc(-c5ccccc5-c5c([2H])c([2H])c([2H])c([2H])c5[2H])n4)c3c2c1. The molecule has 0 saturated carbocycles. The van der Waals surface area contributed by atoms with Crippen LogP contribution in [-0.4, -0.2) is 15.0 Å². The molecule has 0 radical (unpaired) electrons. The van der Waals surface area contributed by atoms with E-state index in [0.717, 1.165) is 10.8 Å². The third-order valence-corrected chi connectivity index (χ3v) is 8.81. The van der Waals surface area contributed by atoms with E-state index in [1.54, 1.807) is 66.7 Å². The first-order valence-electron chi connectivity index (χ1n) is 22.5. The normalized spacial score (nSPS) is 15.1. The predicted octanol–water partition coefficient (Wildman–Crippen LogP) is 12.4. The van der Waals surface area contributed by atoms with Crippen LogP contribution in [0.4, 0.5) is 0 Å². The van der Waals surface area contributed by atoms with Crippen LogP contribution >= 0.6 is 0 Å². The molecule has 0 N–H and O–H groups in total. The Morgan fingerprint density at radius 2 is 1.08 bits per heavy atom. The standard InChI is InChI=1S/C47H29N3O/c1-2-12-31(13-3-1)38-15-6-7-16-39(38)46-48-45(49-47(50-46)41-18-10-20-43-44(41)40-17-8-9-19-42(40)51-43)37-26-25-35-28-34(23-24-36(35)29-37)33-22-21-30-11-4-5-14-32(30)27-33/h1-29H/i1D,2D,3D,4D,5D,8D,11D,12D,13D,14D,18D,21D,22D. The molecule has 0 aliphatic heterocycles. The Morgan fingerprint density at radius 3 is 1.94 bits per heavy atom. The molecule has 0 aliphatic rings. The molecule has 8 aromatic carbocycles. The van der Waals surface area contributed by atoms with Crippen molar-refractivity contribution in [2.75, 3.05) is 0 Å². The van der Waals surface area contributed by atoms with Crippen molar-refractivity contribution in [1.29, 1.82) is 0 Å². The first kappa shape index (κ1) is 18.7. The maximum absolute atomic E-state index is 9.16. The van der Waals surface area contributed by atoms with Gasteiger partial charge in [0.15, 0.2) is 17.5 Å². The Kier molecular flexibility index (Phi) is 4.37. The van der Waals surface area contributed by atoms with Crippen LogP contribution in [0.2, 0.25) is 0 Å². The fourth-order valence-corrected chi connectivity index (χ4v) is 6.39. The van der Waals surface area contributed by atoms with Crippen LogP contribution < -0.4 is 0 Å². The molecule has 51 heavy (non-hydrogen) atoms. The summed E-state index contributed by atoms with van der Waals surface area (Å²) in [7, 11) is 0. The molecular weight excluding hydrogens is 623 g/mol. The Bertz CT molecular complexity index is 3660. The van der Waals surface area contributed by atoms with Crippen LogP contribution in [0, 0.1) is 0 Å². The van der Waals surface area contributed by atoms with Crippen molar-refractivity contribution in [2.45, 2.75) is 0 Å². The van der Waals surface area contributed by atoms with Crippen molar-refractivity contribution < 1.29 is 22.2 Å². The lowest BCUT2D eigenvalue weighted by Crippen LogP contribution is -2.01. The van der Waals surface area contributed by atoms with Crippen molar-refractivity contribution in [3.05, 3.63) is 176 Å². The Labute approximate surface area is 312 Å². The van der Waals surface area contributed by atoms with Gasteiger partial charge in [-0.05, 0) is 74.1 Å². The van der Waals surface area contributed by atoms with Crippen molar-refractivity contribution in [1.82, 2.24) is 15.0 Å². The number of fused-ring (bicyclic) bond motifs is 5. The molecule has 4 heteroatoms. The molecule has 2 heterocycles. The first-order valence-corrected chi connectivity index (χ1v) is 16.0. The highest BCUT2D eigenvalue weighted by Gasteiger charge is 2.19. The number of rotatable bonds is 5. The largest absolute Gasteiger partial charge is 0.456 e. The zero-order valence-electron chi connectivity index (χ0n) is 39.5. The molecule has 0 aliphatic carbocycles. The van der Waals surface area contributed by atoms with Gasteiger partial charge in [0.05, 0.1) is 17.8 Å². The zero-order valence-corrected chi connectivity index (χ0v) is 26.5. The molecule has 10 rings (SSSR count).